The Morgan fingerprint density at radius 2 is 1.90 bits per heavy atom. The molecule has 0 spiro atoms. The van der Waals surface area contributed by atoms with Crippen LogP contribution in [0.2, 0.25) is 0 Å². The smallest absolute Gasteiger partial charge is 0.240 e. The molecule has 160 valence electrons. The third-order valence-corrected chi connectivity index (χ3v) is 7.05. The summed E-state index contributed by atoms with van der Waals surface area (Å²) in [7, 11) is 0. The van der Waals surface area contributed by atoms with Gasteiger partial charge >= 0.3 is 0 Å². The van der Waals surface area contributed by atoms with Crippen LogP contribution in [-0.2, 0) is 16.0 Å². The Morgan fingerprint density at radius 1 is 1.03 bits per heavy atom. The van der Waals surface area contributed by atoms with E-state index in [1.165, 1.54) is 23.8 Å². The molecule has 0 radical (unpaired) electrons. The molecule has 3 fully saturated rings. The van der Waals surface area contributed by atoms with E-state index >= 15 is 0 Å². The van der Waals surface area contributed by atoms with Crippen LogP contribution in [0.3, 0.4) is 0 Å². The quantitative estimate of drug-likeness (QED) is 0.799. The van der Waals surface area contributed by atoms with Crippen molar-refractivity contribution in [3.8, 4) is 0 Å². The molecule has 2 amide bonds. The molecule has 1 atom stereocenters. The van der Waals surface area contributed by atoms with Crippen LogP contribution >= 0.6 is 0 Å². The first-order valence-electron chi connectivity index (χ1n) is 11.5. The fourth-order valence-electron chi connectivity index (χ4n) is 5.09. The number of para-hydroxylation sites is 1. The van der Waals surface area contributed by atoms with Crippen molar-refractivity contribution < 1.29 is 9.59 Å². The molecule has 6 nitrogen and oxygen atoms in total. The highest BCUT2D eigenvalue weighted by atomic mass is 16.2. The Morgan fingerprint density at radius 3 is 2.77 bits per heavy atom. The van der Waals surface area contributed by atoms with E-state index in [2.05, 4.69) is 26.9 Å². The Hall–Kier alpha value is -2.34. The predicted octanol–water partition coefficient (Wildman–Crippen LogP) is 2.65. The van der Waals surface area contributed by atoms with Crippen LogP contribution < -0.4 is 0 Å². The number of hydrogen-bond acceptors (Lipinski definition) is 3. The molecule has 0 bridgehead atoms. The van der Waals surface area contributed by atoms with Crippen molar-refractivity contribution in [2.45, 2.75) is 44.6 Å². The Kier molecular flexibility index (Phi) is 5.50. The number of aromatic amines is 1. The van der Waals surface area contributed by atoms with Crippen molar-refractivity contribution in [1.29, 1.82) is 0 Å². The van der Waals surface area contributed by atoms with Gasteiger partial charge in [0.05, 0.1) is 6.04 Å². The van der Waals surface area contributed by atoms with Crippen molar-refractivity contribution in [3.05, 3.63) is 36.0 Å². The van der Waals surface area contributed by atoms with Crippen LogP contribution in [0.5, 0.6) is 0 Å². The summed E-state index contributed by atoms with van der Waals surface area (Å²) >= 11 is 0. The minimum Gasteiger partial charge on any atom is -0.361 e. The monoisotopic (exact) mass is 408 g/mol. The first-order valence-corrected chi connectivity index (χ1v) is 11.5. The zero-order valence-corrected chi connectivity index (χ0v) is 17.7. The highest BCUT2D eigenvalue weighted by molar-refractivity contribution is 5.85. The van der Waals surface area contributed by atoms with Gasteiger partial charge in [0.1, 0.15) is 0 Å². The zero-order valence-electron chi connectivity index (χ0n) is 17.7. The molecule has 1 aliphatic carbocycles. The second-order valence-electron chi connectivity index (χ2n) is 9.16. The van der Waals surface area contributed by atoms with E-state index in [1.807, 2.05) is 23.2 Å². The fourth-order valence-corrected chi connectivity index (χ4v) is 5.09. The molecule has 1 saturated carbocycles. The fraction of sp³-hybridized carbons (Fsp3) is 0.583. The summed E-state index contributed by atoms with van der Waals surface area (Å²) < 4.78 is 0. The number of benzene rings is 1. The van der Waals surface area contributed by atoms with Crippen molar-refractivity contribution >= 4 is 22.7 Å². The average Bonchev–Trinajstić information content (AvgIpc) is 3.45. The number of carbonyl (C=O) groups is 2. The van der Waals surface area contributed by atoms with Gasteiger partial charge in [0, 0.05) is 62.8 Å². The van der Waals surface area contributed by atoms with Crippen molar-refractivity contribution in [2.75, 3.05) is 39.3 Å². The molecule has 3 heterocycles. The minimum absolute atomic E-state index is 0.0324. The van der Waals surface area contributed by atoms with Crippen molar-refractivity contribution in [3.63, 3.8) is 0 Å². The Labute approximate surface area is 178 Å². The van der Waals surface area contributed by atoms with Gasteiger partial charge in [-0.25, -0.2) is 0 Å². The first kappa shape index (κ1) is 19.6. The number of hydrogen-bond donors (Lipinski definition) is 1. The largest absolute Gasteiger partial charge is 0.361 e. The summed E-state index contributed by atoms with van der Waals surface area (Å²) in [6.45, 7) is 5.13. The number of nitrogens with one attached hydrogen (secondary N) is 1. The van der Waals surface area contributed by atoms with Gasteiger partial charge in [0.15, 0.2) is 0 Å². The maximum Gasteiger partial charge on any atom is 0.240 e. The lowest BCUT2D eigenvalue weighted by atomic mass is 10.1. The number of nitrogens with zero attached hydrogens (tertiary/aromatic N) is 3. The SMILES string of the molecule is O=C(CCc1c[nH]c2ccccc12)N1CCCN([C@H]2CCN(CC3CC3)C2=O)CC1. The summed E-state index contributed by atoms with van der Waals surface area (Å²) in [5.74, 6) is 1.30. The maximum atomic E-state index is 12.9. The van der Waals surface area contributed by atoms with Gasteiger partial charge in [0.2, 0.25) is 11.8 Å². The molecule has 3 aliphatic rings. The first-order chi connectivity index (χ1) is 14.7. The van der Waals surface area contributed by atoms with E-state index in [0.717, 1.165) is 70.0 Å². The molecule has 6 heteroatoms. The van der Waals surface area contributed by atoms with Gasteiger partial charge in [0.25, 0.3) is 0 Å². The van der Waals surface area contributed by atoms with E-state index in [4.69, 9.17) is 0 Å². The van der Waals surface area contributed by atoms with E-state index < -0.39 is 0 Å². The molecule has 5 rings (SSSR count). The molecular formula is C24H32N4O2. The zero-order chi connectivity index (χ0) is 20.5. The number of amides is 2. The minimum atomic E-state index is 0.0324. The van der Waals surface area contributed by atoms with Gasteiger partial charge in [-0.2, -0.15) is 0 Å². The van der Waals surface area contributed by atoms with Crippen LogP contribution in [-0.4, -0.2) is 76.8 Å². The summed E-state index contributed by atoms with van der Waals surface area (Å²) in [6, 6.07) is 8.28. The predicted molar refractivity (Wildman–Crippen MR) is 117 cm³/mol. The maximum absolute atomic E-state index is 12.9. The second-order valence-corrected chi connectivity index (χ2v) is 9.16. The number of likely N-dealkylation sites (tertiary alicyclic amines) is 1. The number of aryl methyl sites for hydroxylation is 1. The molecule has 0 unspecified atom stereocenters. The van der Waals surface area contributed by atoms with Crippen LogP contribution in [0.4, 0.5) is 0 Å². The molecule has 1 aromatic carbocycles. The molecule has 30 heavy (non-hydrogen) atoms. The molecule has 2 aliphatic heterocycles. The van der Waals surface area contributed by atoms with E-state index in [0.29, 0.717) is 12.3 Å². The van der Waals surface area contributed by atoms with Crippen LogP contribution in [0.15, 0.2) is 30.5 Å². The third-order valence-electron chi connectivity index (χ3n) is 7.05. The topological polar surface area (TPSA) is 59.7 Å². The molecule has 2 aromatic rings. The number of fused-ring (bicyclic) bond motifs is 1. The van der Waals surface area contributed by atoms with Crippen LogP contribution in [0, 0.1) is 5.92 Å². The number of H-pyrrole nitrogens is 1. The normalized spacial score (nSPS) is 23.3. The van der Waals surface area contributed by atoms with Gasteiger partial charge in [-0.15, -0.1) is 0 Å². The van der Waals surface area contributed by atoms with E-state index in [-0.39, 0.29) is 11.9 Å². The standard InChI is InChI=1S/C24H32N4O2/c29-23(9-8-19-16-25-21-5-2-1-4-20(19)21)27-12-3-11-26(14-15-27)22-10-13-28(24(22)30)17-18-6-7-18/h1-2,4-5,16,18,22,25H,3,6-15,17H2/t22-/m0/s1. The highest BCUT2D eigenvalue weighted by Crippen LogP contribution is 2.32. The number of carbonyl (C=O) groups excluding carboxylic acids is 2. The third kappa shape index (κ3) is 4.10. The summed E-state index contributed by atoms with van der Waals surface area (Å²) in [5.41, 5.74) is 2.34. The lowest BCUT2D eigenvalue weighted by Gasteiger charge is -2.26. The number of aromatic nitrogens is 1. The van der Waals surface area contributed by atoms with E-state index in [1.54, 1.807) is 0 Å². The van der Waals surface area contributed by atoms with Gasteiger partial charge in [-0.3, -0.25) is 14.5 Å². The van der Waals surface area contributed by atoms with Crippen LogP contribution in [0.1, 0.15) is 37.7 Å². The number of rotatable bonds is 6. The molecule has 2 saturated heterocycles. The Bertz CT molecular complexity index is 919. The molecular weight excluding hydrogens is 376 g/mol. The van der Waals surface area contributed by atoms with Gasteiger partial charge < -0.3 is 14.8 Å². The molecule has 1 N–H and O–H groups in total. The highest BCUT2D eigenvalue weighted by Gasteiger charge is 2.38. The average molecular weight is 409 g/mol. The summed E-state index contributed by atoms with van der Waals surface area (Å²) in [5, 5.41) is 1.21. The van der Waals surface area contributed by atoms with Gasteiger partial charge in [-0.1, -0.05) is 18.2 Å². The Balaban J connectivity index is 1.13. The van der Waals surface area contributed by atoms with Crippen molar-refractivity contribution in [2.24, 2.45) is 5.92 Å². The van der Waals surface area contributed by atoms with Gasteiger partial charge in [-0.05, 0) is 49.7 Å². The van der Waals surface area contributed by atoms with Crippen LogP contribution in [0.25, 0.3) is 10.9 Å². The van der Waals surface area contributed by atoms with E-state index in [9.17, 15) is 9.59 Å². The molecule has 1 aromatic heterocycles. The lowest BCUT2D eigenvalue weighted by Crippen LogP contribution is -2.44. The second kappa shape index (κ2) is 8.42. The summed E-state index contributed by atoms with van der Waals surface area (Å²) in [4.78, 5) is 35.4. The summed E-state index contributed by atoms with van der Waals surface area (Å²) in [6.07, 6.45) is 7.80. The van der Waals surface area contributed by atoms with Crippen molar-refractivity contribution in [1.82, 2.24) is 19.7 Å². The lowest BCUT2D eigenvalue weighted by molar-refractivity contribution is -0.132.